The maximum absolute atomic E-state index is 14.1. The van der Waals surface area contributed by atoms with Crippen LogP contribution in [0.5, 0.6) is 0 Å². The number of aromatic nitrogens is 2. The number of esters is 3. The molecule has 0 bridgehead atoms. The van der Waals surface area contributed by atoms with E-state index in [4.69, 9.17) is 19.9 Å². The van der Waals surface area contributed by atoms with E-state index < -0.39 is 72.2 Å². The number of anilines is 1. The Balaban J connectivity index is 2.69. The molecule has 13 heteroatoms. The van der Waals surface area contributed by atoms with Crippen molar-refractivity contribution in [2.24, 2.45) is 0 Å². The zero-order valence-electron chi connectivity index (χ0n) is 16.7. The van der Waals surface area contributed by atoms with E-state index in [1.807, 2.05) is 0 Å². The van der Waals surface area contributed by atoms with Crippen LogP contribution in [0, 0.1) is 5.82 Å². The zero-order chi connectivity index (χ0) is 22.7. The molecule has 1 amide bonds. The van der Waals surface area contributed by atoms with Gasteiger partial charge in [0, 0.05) is 27.7 Å². The highest BCUT2D eigenvalue weighted by molar-refractivity contribution is 5.75. The number of hydrogen-bond donors (Lipinski definition) is 1. The maximum Gasteiger partial charge on any atom is 0.351 e. The second kappa shape index (κ2) is 8.88. The summed E-state index contributed by atoms with van der Waals surface area (Å²) in [5.74, 6) is -4.69. The topological polar surface area (TPSA) is 160 Å². The third-order valence-electron chi connectivity index (χ3n) is 4.28. The highest BCUT2D eigenvalue weighted by Gasteiger charge is 2.56. The summed E-state index contributed by atoms with van der Waals surface area (Å²) in [6.45, 7) is 3.94. The van der Waals surface area contributed by atoms with Gasteiger partial charge < -0.3 is 24.8 Å². The number of nitrogen functional groups attached to an aromatic ring is 1. The molecule has 2 rings (SSSR count). The van der Waals surface area contributed by atoms with Crippen LogP contribution in [0.3, 0.4) is 0 Å². The number of ether oxygens (including phenoxy) is 3. The van der Waals surface area contributed by atoms with Crippen molar-refractivity contribution in [1.29, 1.82) is 0 Å². The highest BCUT2D eigenvalue weighted by Crippen LogP contribution is 2.37. The monoisotopic (exact) mass is 428 g/mol. The number of halogens is 1. The van der Waals surface area contributed by atoms with Crippen molar-refractivity contribution in [2.45, 2.75) is 52.1 Å². The van der Waals surface area contributed by atoms with E-state index in [2.05, 4.69) is 4.98 Å². The minimum absolute atomic E-state index is 0.444. The predicted molar refractivity (Wildman–Crippen MR) is 96.0 cm³/mol. The molecular weight excluding hydrogens is 407 g/mol. The van der Waals surface area contributed by atoms with E-state index in [1.165, 1.54) is 0 Å². The number of carbonyl (C=O) groups is 4. The first-order valence-corrected chi connectivity index (χ1v) is 8.74. The minimum atomic E-state index is -1.45. The van der Waals surface area contributed by atoms with Crippen LogP contribution < -0.4 is 11.4 Å². The van der Waals surface area contributed by atoms with E-state index >= 15 is 0 Å². The van der Waals surface area contributed by atoms with Crippen molar-refractivity contribution >= 4 is 29.6 Å². The zero-order valence-corrected chi connectivity index (χ0v) is 16.7. The Hall–Kier alpha value is -3.51. The van der Waals surface area contributed by atoms with Gasteiger partial charge in [0.15, 0.2) is 30.0 Å². The van der Waals surface area contributed by atoms with Crippen LogP contribution in [0.4, 0.5) is 10.2 Å². The first-order valence-electron chi connectivity index (χ1n) is 8.74. The van der Waals surface area contributed by atoms with E-state index in [1.54, 1.807) is 0 Å². The molecule has 1 aromatic heterocycles. The molecule has 1 aliphatic rings. The molecule has 1 fully saturated rings. The van der Waals surface area contributed by atoms with Gasteiger partial charge in [0.25, 0.3) is 0 Å². The smallest absolute Gasteiger partial charge is 0.351 e. The SMILES string of the molecule is CC(=O)OC[C@@H]1[C@@H](OC(C)=O)[C@@H](OC(C)=O)[C@H](n2cc(F)c(N)nc2=O)N1C(C)=O. The Morgan fingerprint density at radius 1 is 1.07 bits per heavy atom. The fourth-order valence-electron chi connectivity index (χ4n) is 3.30. The molecule has 0 radical (unpaired) electrons. The van der Waals surface area contributed by atoms with Crippen LogP contribution in [-0.2, 0) is 33.4 Å². The summed E-state index contributed by atoms with van der Waals surface area (Å²) in [4.78, 5) is 63.9. The van der Waals surface area contributed by atoms with Crippen molar-refractivity contribution in [2.75, 3.05) is 12.3 Å². The normalized spacial score (nSPS) is 23.0. The number of likely N-dealkylation sites (tertiary alicyclic amines) is 1. The van der Waals surface area contributed by atoms with Gasteiger partial charge in [-0.05, 0) is 0 Å². The standard InChI is InChI=1S/C17H21FN4O8/c1-7(23)22-12(6-28-8(2)24)13(29-9(3)25)14(30-10(4)26)16(22)21-5-11(18)15(19)20-17(21)27/h5,12-14,16H,6H2,1-4H3,(H2,19,20,27)/t12-,13-,14-,16-/m1/s1. The molecule has 12 nitrogen and oxygen atoms in total. The lowest BCUT2D eigenvalue weighted by atomic mass is 10.1. The number of amides is 1. The first kappa shape index (κ1) is 22.8. The van der Waals surface area contributed by atoms with E-state index in [-0.39, 0.29) is 0 Å². The van der Waals surface area contributed by atoms with Gasteiger partial charge in [0.2, 0.25) is 5.91 Å². The van der Waals surface area contributed by atoms with Crippen LogP contribution in [0.25, 0.3) is 0 Å². The quantitative estimate of drug-likeness (QED) is 0.461. The number of rotatable bonds is 5. The molecule has 0 saturated carbocycles. The third-order valence-corrected chi connectivity index (χ3v) is 4.28. The number of hydrogen-bond acceptors (Lipinski definition) is 10. The first-order chi connectivity index (χ1) is 13.9. The van der Waals surface area contributed by atoms with Crippen molar-refractivity contribution in [3.05, 3.63) is 22.5 Å². The summed E-state index contributed by atoms with van der Waals surface area (Å²) in [5, 5.41) is 0. The number of nitrogens with two attached hydrogens (primary N) is 1. The molecule has 0 spiro atoms. The van der Waals surface area contributed by atoms with Gasteiger partial charge in [0.05, 0.1) is 6.20 Å². The van der Waals surface area contributed by atoms with Crippen LogP contribution >= 0.6 is 0 Å². The molecule has 1 saturated heterocycles. The molecule has 164 valence electrons. The summed E-state index contributed by atoms with van der Waals surface area (Å²) < 4.78 is 30.2. The molecule has 2 heterocycles. The Bertz CT molecular complexity index is 933. The Morgan fingerprint density at radius 3 is 2.13 bits per heavy atom. The molecule has 0 unspecified atom stereocenters. The van der Waals surface area contributed by atoms with Crippen molar-refractivity contribution in [1.82, 2.24) is 14.5 Å². The Labute approximate surface area is 169 Å². The Kier molecular flexibility index (Phi) is 6.74. The minimum Gasteiger partial charge on any atom is -0.464 e. The maximum atomic E-state index is 14.1. The summed E-state index contributed by atoms with van der Waals surface area (Å²) in [5.41, 5.74) is 4.26. The molecular formula is C17H21FN4O8. The second-order valence-corrected chi connectivity index (χ2v) is 6.52. The largest absolute Gasteiger partial charge is 0.464 e. The predicted octanol–water partition coefficient (Wildman–Crippen LogP) is -0.880. The number of nitrogens with zero attached hydrogens (tertiary/aromatic N) is 3. The average molecular weight is 428 g/mol. The summed E-state index contributed by atoms with van der Waals surface area (Å²) in [6.07, 6.45) is -3.52. The molecule has 30 heavy (non-hydrogen) atoms. The summed E-state index contributed by atoms with van der Waals surface area (Å²) >= 11 is 0. The van der Waals surface area contributed by atoms with Crippen LogP contribution in [0.1, 0.15) is 33.9 Å². The van der Waals surface area contributed by atoms with E-state index in [0.717, 1.165) is 32.6 Å². The lowest BCUT2D eigenvalue weighted by Crippen LogP contribution is -2.46. The van der Waals surface area contributed by atoms with E-state index in [0.29, 0.717) is 10.8 Å². The molecule has 1 aliphatic heterocycles. The van der Waals surface area contributed by atoms with Gasteiger partial charge in [-0.2, -0.15) is 4.98 Å². The van der Waals surface area contributed by atoms with Crippen molar-refractivity contribution in [3.8, 4) is 0 Å². The molecule has 1 aromatic rings. The van der Waals surface area contributed by atoms with Gasteiger partial charge in [-0.3, -0.25) is 23.7 Å². The lowest BCUT2D eigenvalue weighted by molar-refractivity contribution is -0.166. The van der Waals surface area contributed by atoms with Gasteiger partial charge in [-0.15, -0.1) is 0 Å². The summed E-state index contributed by atoms with van der Waals surface area (Å²) in [6, 6.07) is -1.14. The molecule has 4 atom stereocenters. The highest BCUT2D eigenvalue weighted by atomic mass is 19.1. The van der Waals surface area contributed by atoms with E-state index in [9.17, 15) is 28.4 Å². The average Bonchev–Trinajstić information content (AvgIpc) is 2.88. The third kappa shape index (κ3) is 4.72. The number of carbonyl (C=O) groups excluding carboxylic acids is 4. The van der Waals surface area contributed by atoms with Crippen LogP contribution in [-0.4, -0.2) is 63.1 Å². The van der Waals surface area contributed by atoms with Gasteiger partial charge in [0.1, 0.15) is 12.6 Å². The van der Waals surface area contributed by atoms with Gasteiger partial charge in [-0.25, -0.2) is 9.18 Å². The lowest BCUT2D eigenvalue weighted by Gasteiger charge is -2.30. The van der Waals surface area contributed by atoms with Crippen molar-refractivity contribution in [3.63, 3.8) is 0 Å². The van der Waals surface area contributed by atoms with Crippen LogP contribution in [0.2, 0.25) is 0 Å². The summed E-state index contributed by atoms with van der Waals surface area (Å²) in [7, 11) is 0. The van der Waals surface area contributed by atoms with Gasteiger partial charge in [-0.1, -0.05) is 0 Å². The fourth-order valence-corrected chi connectivity index (χ4v) is 3.30. The van der Waals surface area contributed by atoms with Crippen molar-refractivity contribution < 1.29 is 37.8 Å². The molecule has 2 N–H and O–H groups in total. The molecule has 0 aromatic carbocycles. The Morgan fingerprint density at radius 2 is 1.63 bits per heavy atom. The molecule has 0 aliphatic carbocycles. The van der Waals surface area contributed by atoms with Gasteiger partial charge >= 0.3 is 23.6 Å². The fraction of sp³-hybridized carbons (Fsp3) is 0.529. The second-order valence-electron chi connectivity index (χ2n) is 6.52. The van der Waals surface area contributed by atoms with Crippen LogP contribution in [0.15, 0.2) is 11.0 Å².